The van der Waals surface area contributed by atoms with Crippen molar-refractivity contribution in [1.82, 2.24) is 9.88 Å². The Morgan fingerprint density at radius 3 is 2.76 bits per heavy atom. The molecule has 0 saturated carbocycles. The van der Waals surface area contributed by atoms with E-state index in [9.17, 15) is 4.79 Å². The maximum absolute atomic E-state index is 11.6. The van der Waals surface area contributed by atoms with E-state index >= 15 is 0 Å². The van der Waals surface area contributed by atoms with Crippen LogP contribution in [0.15, 0.2) is 47.4 Å². The Bertz CT molecular complexity index is 649. The third-order valence-electron chi connectivity index (χ3n) is 3.62. The van der Waals surface area contributed by atoms with Gasteiger partial charge in [0, 0.05) is 18.3 Å². The van der Waals surface area contributed by atoms with Crippen LogP contribution in [0.4, 0.5) is 0 Å². The summed E-state index contributed by atoms with van der Waals surface area (Å²) in [6.07, 6.45) is 1.77. The van der Waals surface area contributed by atoms with Gasteiger partial charge in [0.15, 0.2) is 0 Å². The molecule has 1 aromatic carbocycles. The number of nitrogens with zero attached hydrogens (tertiary/aromatic N) is 1. The van der Waals surface area contributed by atoms with Gasteiger partial charge in [0.05, 0.1) is 6.54 Å². The molecule has 0 aliphatic rings. The third kappa shape index (κ3) is 3.95. The molecule has 0 aliphatic carbocycles. The van der Waals surface area contributed by atoms with E-state index < -0.39 is 0 Å². The van der Waals surface area contributed by atoms with Crippen LogP contribution in [0.25, 0.3) is 0 Å². The maximum atomic E-state index is 11.6. The van der Waals surface area contributed by atoms with E-state index in [0.29, 0.717) is 19.2 Å². The highest BCUT2D eigenvalue weighted by molar-refractivity contribution is 5.37. The van der Waals surface area contributed by atoms with Crippen LogP contribution in [0.1, 0.15) is 24.1 Å². The molecule has 0 bridgehead atoms. The van der Waals surface area contributed by atoms with Gasteiger partial charge in [-0.3, -0.25) is 4.79 Å². The molecule has 1 N–H and O–H groups in total. The molecule has 0 radical (unpaired) electrons. The van der Waals surface area contributed by atoms with E-state index in [1.165, 1.54) is 5.56 Å². The lowest BCUT2D eigenvalue weighted by Gasteiger charge is -2.14. The first-order chi connectivity index (χ1) is 10.1. The Kier molecular flexibility index (Phi) is 5.17. The fraction of sp³-hybridized carbons (Fsp3) is 0.353. The number of ether oxygens (including phenoxy) is 1. The van der Waals surface area contributed by atoms with E-state index in [0.717, 1.165) is 11.3 Å². The third-order valence-corrected chi connectivity index (χ3v) is 3.62. The summed E-state index contributed by atoms with van der Waals surface area (Å²) in [6, 6.07) is 11.7. The summed E-state index contributed by atoms with van der Waals surface area (Å²) in [5, 5.41) is 3.22. The molecule has 2 rings (SSSR count). The molecule has 21 heavy (non-hydrogen) atoms. The lowest BCUT2D eigenvalue weighted by atomic mass is 10.1. The molecule has 0 amide bonds. The van der Waals surface area contributed by atoms with Crippen molar-refractivity contribution >= 4 is 0 Å². The summed E-state index contributed by atoms with van der Waals surface area (Å²) in [5.74, 6) is 0.867. The van der Waals surface area contributed by atoms with Crippen LogP contribution in [-0.4, -0.2) is 18.2 Å². The van der Waals surface area contributed by atoms with Gasteiger partial charge in [-0.2, -0.15) is 0 Å². The zero-order chi connectivity index (χ0) is 15.2. The van der Waals surface area contributed by atoms with E-state index in [1.807, 2.05) is 26.1 Å². The average Bonchev–Trinajstić information content (AvgIpc) is 2.50. The molecule has 2 aromatic rings. The second-order valence-electron chi connectivity index (χ2n) is 5.12. The number of hydrogen-bond acceptors (Lipinski definition) is 3. The summed E-state index contributed by atoms with van der Waals surface area (Å²) >= 11 is 0. The molecule has 0 spiro atoms. The first-order valence-corrected chi connectivity index (χ1v) is 7.18. The van der Waals surface area contributed by atoms with Gasteiger partial charge in [0.25, 0.3) is 5.56 Å². The van der Waals surface area contributed by atoms with Crippen molar-refractivity contribution in [1.29, 1.82) is 0 Å². The van der Waals surface area contributed by atoms with Crippen LogP contribution in [0.2, 0.25) is 0 Å². The van der Waals surface area contributed by atoms with Crippen molar-refractivity contribution in [3.05, 3.63) is 64.1 Å². The minimum Gasteiger partial charge on any atom is -0.491 e. The summed E-state index contributed by atoms with van der Waals surface area (Å²) in [6.45, 7) is 5.19. The fourth-order valence-electron chi connectivity index (χ4n) is 2.17. The average molecular weight is 286 g/mol. The number of aromatic nitrogens is 1. The molecule has 1 heterocycles. The first kappa shape index (κ1) is 15.3. The van der Waals surface area contributed by atoms with Crippen LogP contribution >= 0.6 is 0 Å². The quantitative estimate of drug-likeness (QED) is 0.887. The van der Waals surface area contributed by atoms with E-state index in [1.54, 1.807) is 22.9 Å². The van der Waals surface area contributed by atoms with Gasteiger partial charge in [-0.25, -0.2) is 0 Å². The van der Waals surface area contributed by atoms with Crippen molar-refractivity contribution in [3.63, 3.8) is 0 Å². The van der Waals surface area contributed by atoms with Crippen molar-refractivity contribution in [2.75, 3.05) is 13.7 Å². The van der Waals surface area contributed by atoms with Crippen LogP contribution in [0.5, 0.6) is 5.75 Å². The zero-order valence-corrected chi connectivity index (χ0v) is 12.8. The SMILES string of the molecule is CNC(C)c1ccc(OCCn2ccccc2=O)c(C)c1. The second-order valence-corrected chi connectivity index (χ2v) is 5.12. The molecule has 4 nitrogen and oxygen atoms in total. The van der Waals surface area contributed by atoms with Gasteiger partial charge < -0.3 is 14.6 Å². The number of nitrogens with one attached hydrogen (secondary N) is 1. The Balaban J connectivity index is 1.98. The molecule has 1 aromatic heterocycles. The van der Waals surface area contributed by atoms with E-state index in [4.69, 9.17) is 4.74 Å². The molecule has 4 heteroatoms. The smallest absolute Gasteiger partial charge is 0.250 e. The minimum atomic E-state index is -0.00369. The molecular formula is C17H22N2O2. The number of benzene rings is 1. The molecule has 112 valence electrons. The second kappa shape index (κ2) is 7.09. The van der Waals surface area contributed by atoms with Crippen molar-refractivity contribution in [2.45, 2.75) is 26.4 Å². The summed E-state index contributed by atoms with van der Waals surface area (Å²) in [7, 11) is 1.95. The maximum Gasteiger partial charge on any atom is 0.250 e. The Labute approximate surface area is 125 Å². The predicted molar refractivity (Wildman–Crippen MR) is 84.9 cm³/mol. The Morgan fingerprint density at radius 2 is 2.10 bits per heavy atom. The molecule has 0 aliphatic heterocycles. The van der Waals surface area contributed by atoms with Crippen LogP contribution < -0.4 is 15.6 Å². The largest absolute Gasteiger partial charge is 0.491 e. The highest BCUT2D eigenvalue weighted by Gasteiger charge is 2.06. The van der Waals surface area contributed by atoms with E-state index in [-0.39, 0.29) is 5.56 Å². The van der Waals surface area contributed by atoms with Gasteiger partial charge in [0.1, 0.15) is 12.4 Å². The summed E-state index contributed by atoms with van der Waals surface area (Å²) in [5.41, 5.74) is 2.34. The Hall–Kier alpha value is -2.07. The van der Waals surface area contributed by atoms with Crippen LogP contribution in [-0.2, 0) is 6.54 Å². The van der Waals surface area contributed by atoms with Crippen LogP contribution in [0.3, 0.4) is 0 Å². The number of aryl methyl sites for hydroxylation is 1. The molecule has 0 fully saturated rings. The van der Waals surface area contributed by atoms with Crippen molar-refractivity contribution < 1.29 is 4.74 Å². The van der Waals surface area contributed by atoms with Crippen LogP contribution in [0, 0.1) is 6.92 Å². The molecule has 1 unspecified atom stereocenters. The van der Waals surface area contributed by atoms with Gasteiger partial charge in [-0.1, -0.05) is 18.2 Å². The fourth-order valence-corrected chi connectivity index (χ4v) is 2.17. The van der Waals surface area contributed by atoms with Crippen molar-refractivity contribution in [3.8, 4) is 5.75 Å². The summed E-state index contributed by atoms with van der Waals surface area (Å²) in [4.78, 5) is 11.6. The topological polar surface area (TPSA) is 43.3 Å². The standard InChI is InChI=1S/C17H22N2O2/c1-13-12-15(14(2)18-3)7-8-16(13)21-11-10-19-9-5-4-6-17(19)20/h4-9,12,14,18H,10-11H2,1-3H3. The lowest BCUT2D eigenvalue weighted by Crippen LogP contribution is -2.21. The molecule has 0 saturated heterocycles. The first-order valence-electron chi connectivity index (χ1n) is 7.18. The van der Waals surface area contributed by atoms with Gasteiger partial charge in [-0.05, 0) is 44.2 Å². The van der Waals surface area contributed by atoms with Gasteiger partial charge in [0.2, 0.25) is 0 Å². The number of hydrogen-bond donors (Lipinski definition) is 1. The molecule has 1 atom stereocenters. The summed E-state index contributed by atoms with van der Waals surface area (Å²) < 4.78 is 7.43. The number of rotatable bonds is 6. The van der Waals surface area contributed by atoms with Crippen molar-refractivity contribution in [2.24, 2.45) is 0 Å². The Morgan fingerprint density at radius 1 is 1.29 bits per heavy atom. The normalized spacial score (nSPS) is 12.1. The highest BCUT2D eigenvalue weighted by atomic mass is 16.5. The monoisotopic (exact) mass is 286 g/mol. The number of pyridine rings is 1. The predicted octanol–water partition coefficient (Wildman–Crippen LogP) is 2.52. The molecular weight excluding hydrogens is 264 g/mol. The van der Waals surface area contributed by atoms with Gasteiger partial charge >= 0.3 is 0 Å². The zero-order valence-electron chi connectivity index (χ0n) is 12.8. The lowest BCUT2D eigenvalue weighted by molar-refractivity contribution is 0.294. The highest BCUT2D eigenvalue weighted by Crippen LogP contribution is 2.22. The van der Waals surface area contributed by atoms with Gasteiger partial charge in [-0.15, -0.1) is 0 Å². The minimum absolute atomic E-state index is 0.00369. The van der Waals surface area contributed by atoms with E-state index in [2.05, 4.69) is 24.4 Å².